The molecule has 154 valence electrons. The maximum Gasteiger partial charge on any atom is 0.227 e. The predicted molar refractivity (Wildman–Crippen MR) is 112 cm³/mol. The number of amides is 3. The Morgan fingerprint density at radius 3 is 2.21 bits per heavy atom. The van der Waals surface area contributed by atoms with Crippen LogP contribution in [0.15, 0.2) is 18.2 Å². The van der Waals surface area contributed by atoms with Gasteiger partial charge in [0, 0.05) is 41.7 Å². The summed E-state index contributed by atoms with van der Waals surface area (Å²) in [5.74, 6) is -0.177. The number of carbonyl (C=O) groups is 3. The lowest BCUT2D eigenvalue weighted by atomic mass is 9.90. The summed E-state index contributed by atoms with van der Waals surface area (Å²) < 4.78 is 0. The molecule has 1 aliphatic rings. The maximum absolute atomic E-state index is 12.7. The molecule has 0 spiro atoms. The van der Waals surface area contributed by atoms with Gasteiger partial charge >= 0.3 is 0 Å². The van der Waals surface area contributed by atoms with E-state index in [1.165, 1.54) is 0 Å². The molecule has 0 atom stereocenters. The number of carbonyl (C=O) groups excluding carboxylic acids is 3. The van der Waals surface area contributed by atoms with Gasteiger partial charge in [0.25, 0.3) is 0 Å². The zero-order chi connectivity index (χ0) is 21.1. The Morgan fingerprint density at radius 2 is 1.68 bits per heavy atom. The number of hydrogen-bond acceptors (Lipinski definition) is 3. The number of nitrogens with one attached hydrogen (secondary N) is 2. The summed E-state index contributed by atoms with van der Waals surface area (Å²) in [4.78, 5) is 38.9. The van der Waals surface area contributed by atoms with Crippen LogP contribution in [0.1, 0.15) is 53.0 Å². The first kappa shape index (κ1) is 21.9. The number of likely N-dealkylation sites (tertiary alicyclic amines) is 1. The van der Waals surface area contributed by atoms with Crippen molar-refractivity contribution >= 4 is 29.1 Å². The summed E-state index contributed by atoms with van der Waals surface area (Å²) in [7, 11) is 0. The van der Waals surface area contributed by atoms with Crippen LogP contribution >= 0.6 is 0 Å². The summed E-state index contributed by atoms with van der Waals surface area (Å²) in [5, 5.41) is 5.86. The molecule has 0 radical (unpaired) electrons. The van der Waals surface area contributed by atoms with Crippen molar-refractivity contribution in [1.82, 2.24) is 4.90 Å². The van der Waals surface area contributed by atoms with E-state index in [2.05, 4.69) is 10.6 Å². The molecule has 1 heterocycles. The first-order valence-corrected chi connectivity index (χ1v) is 10.0. The van der Waals surface area contributed by atoms with E-state index in [9.17, 15) is 14.4 Å². The fourth-order valence-corrected chi connectivity index (χ4v) is 3.17. The highest BCUT2D eigenvalue weighted by molar-refractivity contribution is 5.96. The van der Waals surface area contributed by atoms with Crippen LogP contribution in [0.25, 0.3) is 0 Å². The fourth-order valence-electron chi connectivity index (χ4n) is 3.17. The number of hydrogen-bond donors (Lipinski definition) is 2. The number of aryl methyl sites for hydroxylation is 1. The largest absolute Gasteiger partial charge is 0.342 e. The van der Waals surface area contributed by atoms with Crippen LogP contribution in [0.4, 0.5) is 11.4 Å². The molecular weight excluding hydrogens is 354 g/mol. The van der Waals surface area contributed by atoms with Crippen LogP contribution in [-0.2, 0) is 14.4 Å². The lowest BCUT2D eigenvalue weighted by Gasteiger charge is -2.35. The molecule has 2 rings (SSSR count). The predicted octanol–water partition coefficient (Wildman–Crippen LogP) is 3.81. The Kier molecular flexibility index (Phi) is 6.86. The summed E-state index contributed by atoms with van der Waals surface area (Å²) in [6.07, 6.45) is 1.33. The molecule has 1 aromatic carbocycles. The molecule has 2 N–H and O–H groups in total. The van der Waals surface area contributed by atoms with Gasteiger partial charge in [0.2, 0.25) is 17.7 Å². The molecule has 1 saturated heterocycles. The van der Waals surface area contributed by atoms with Gasteiger partial charge in [-0.3, -0.25) is 14.4 Å². The van der Waals surface area contributed by atoms with E-state index in [-0.39, 0.29) is 29.6 Å². The first-order valence-electron chi connectivity index (χ1n) is 10.0. The summed E-state index contributed by atoms with van der Waals surface area (Å²) in [5.41, 5.74) is 1.92. The second-order valence-corrected chi connectivity index (χ2v) is 8.98. The van der Waals surface area contributed by atoms with E-state index in [0.29, 0.717) is 37.3 Å². The topological polar surface area (TPSA) is 78.5 Å². The third-order valence-electron chi connectivity index (χ3n) is 5.08. The summed E-state index contributed by atoms with van der Waals surface area (Å²) >= 11 is 0. The second-order valence-electron chi connectivity index (χ2n) is 8.98. The van der Waals surface area contributed by atoms with Crippen LogP contribution in [-0.4, -0.2) is 35.7 Å². The first-order chi connectivity index (χ1) is 13.0. The van der Waals surface area contributed by atoms with Crippen molar-refractivity contribution in [2.45, 2.75) is 54.4 Å². The molecule has 28 heavy (non-hydrogen) atoms. The molecule has 0 aliphatic carbocycles. The molecule has 6 nitrogen and oxygen atoms in total. The summed E-state index contributed by atoms with van der Waals surface area (Å²) in [6.45, 7) is 12.6. The van der Waals surface area contributed by atoms with Crippen molar-refractivity contribution in [2.75, 3.05) is 23.7 Å². The number of anilines is 2. The molecule has 0 aromatic heterocycles. The van der Waals surface area contributed by atoms with Crippen molar-refractivity contribution < 1.29 is 14.4 Å². The zero-order valence-corrected chi connectivity index (χ0v) is 17.9. The van der Waals surface area contributed by atoms with Gasteiger partial charge in [0.15, 0.2) is 0 Å². The van der Waals surface area contributed by atoms with Crippen LogP contribution in [0.5, 0.6) is 0 Å². The van der Waals surface area contributed by atoms with Gasteiger partial charge in [0.05, 0.1) is 0 Å². The fraction of sp³-hybridized carbons (Fsp3) is 0.591. The Bertz CT molecular complexity index is 742. The Morgan fingerprint density at radius 1 is 1.07 bits per heavy atom. The van der Waals surface area contributed by atoms with Crippen LogP contribution in [0.2, 0.25) is 0 Å². The van der Waals surface area contributed by atoms with E-state index < -0.39 is 5.41 Å². The monoisotopic (exact) mass is 387 g/mol. The lowest BCUT2D eigenvalue weighted by molar-refractivity contribution is -0.142. The van der Waals surface area contributed by atoms with Gasteiger partial charge in [-0.25, -0.2) is 0 Å². The van der Waals surface area contributed by atoms with Gasteiger partial charge in [-0.1, -0.05) is 40.7 Å². The Balaban J connectivity index is 1.98. The van der Waals surface area contributed by atoms with Crippen LogP contribution < -0.4 is 10.6 Å². The minimum atomic E-state index is -0.396. The normalized spacial score (nSPS) is 15.5. The number of rotatable bonds is 4. The van der Waals surface area contributed by atoms with Crippen molar-refractivity contribution in [2.24, 2.45) is 17.3 Å². The van der Waals surface area contributed by atoms with Gasteiger partial charge in [-0.15, -0.1) is 0 Å². The highest BCUT2D eigenvalue weighted by Gasteiger charge is 2.32. The number of nitrogens with zero attached hydrogens (tertiary/aromatic N) is 1. The molecule has 1 aromatic rings. The van der Waals surface area contributed by atoms with Gasteiger partial charge in [0.1, 0.15) is 0 Å². The average molecular weight is 388 g/mol. The van der Waals surface area contributed by atoms with E-state index >= 15 is 0 Å². The zero-order valence-electron chi connectivity index (χ0n) is 17.9. The Labute approximate surface area is 168 Å². The van der Waals surface area contributed by atoms with Crippen LogP contribution in [0, 0.1) is 24.2 Å². The van der Waals surface area contributed by atoms with Gasteiger partial charge < -0.3 is 15.5 Å². The highest BCUT2D eigenvalue weighted by Crippen LogP contribution is 2.26. The third-order valence-corrected chi connectivity index (χ3v) is 5.08. The lowest BCUT2D eigenvalue weighted by Crippen LogP contribution is -2.45. The molecule has 6 heteroatoms. The molecule has 1 aliphatic heterocycles. The van der Waals surface area contributed by atoms with E-state index in [4.69, 9.17) is 0 Å². The SMILES string of the molecule is Cc1ccc(NC(=O)C(C)C)cc1NC(=O)C1CCN(C(=O)C(C)(C)C)CC1. The summed E-state index contributed by atoms with van der Waals surface area (Å²) in [6, 6.07) is 5.52. The van der Waals surface area contributed by atoms with E-state index in [0.717, 1.165) is 5.56 Å². The molecule has 0 unspecified atom stereocenters. The van der Waals surface area contributed by atoms with Crippen molar-refractivity contribution in [3.63, 3.8) is 0 Å². The standard InChI is InChI=1S/C22H33N3O3/c1-14(2)19(26)23-17-8-7-15(3)18(13-17)24-20(27)16-9-11-25(12-10-16)21(28)22(4,5)6/h7-8,13-14,16H,9-12H2,1-6H3,(H,23,26)(H,24,27). The van der Waals surface area contributed by atoms with Gasteiger partial charge in [-0.05, 0) is 37.5 Å². The number of benzene rings is 1. The van der Waals surface area contributed by atoms with Crippen molar-refractivity contribution in [3.05, 3.63) is 23.8 Å². The minimum Gasteiger partial charge on any atom is -0.342 e. The smallest absolute Gasteiger partial charge is 0.227 e. The third kappa shape index (κ3) is 5.57. The molecule has 0 saturated carbocycles. The minimum absolute atomic E-state index is 0.0294. The van der Waals surface area contributed by atoms with E-state index in [1.54, 1.807) is 6.07 Å². The average Bonchev–Trinajstić information content (AvgIpc) is 2.63. The van der Waals surface area contributed by atoms with Crippen molar-refractivity contribution in [3.8, 4) is 0 Å². The molecule has 3 amide bonds. The highest BCUT2D eigenvalue weighted by atomic mass is 16.2. The van der Waals surface area contributed by atoms with Gasteiger partial charge in [-0.2, -0.15) is 0 Å². The maximum atomic E-state index is 12.7. The van der Waals surface area contributed by atoms with Crippen LogP contribution in [0.3, 0.4) is 0 Å². The quantitative estimate of drug-likeness (QED) is 0.824. The second kappa shape index (κ2) is 8.76. The van der Waals surface area contributed by atoms with E-state index in [1.807, 2.05) is 58.6 Å². The molecule has 0 bridgehead atoms. The number of piperidine rings is 1. The Hall–Kier alpha value is -2.37. The molecule has 1 fully saturated rings. The molecular formula is C22H33N3O3. The van der Waals surface area contributed by atoms with Crippen molar-refractivity contribution in [1.29, 1.82) is 0 Å².